The molecule has 1 saturated heterocycles. The van der Waals surface area contributed by atoms with Gasteiger partial charge < -0.3 is 14.9 Å². The van der Waals surface area contributed by atoms with Crippen LogP contribution in [-0.4, -0.2) is 29.0 Å². The summed E-state index contributed by atoms with van der Waals surface area (Å²) in [6, 6.07) is 19.2. The molecule has 5 rings (SSSR count). The van der Waals surface area contributed by atoms with Crippen LogP contribution in [0.3, 0.4) is 0 Å². The molecule has 0 amide bonds. The maximum absolute atomic E-state index is 10.1. The summed E-state index contributed by atoms with van der Waals surface area (Å²) in [6.07, 6.45) is -0.760. The quantitative estimate of drug-likeness (QED) is 0.553. The predicted molar refractivity (Wildman–Crippen MR) is 95.5 cm³/mol. The highest BCUT2D eigenvalue weighted by Gasteiger charge is 2.35. The minimum absolute atomic E-state index is 0.149. The summed E-state index contributed by atoms with van der Waals surface area (Å²) in [5.41, 5.74) is 1.09. The van der Waals surface area contributed by atoms with Gasteiger partial charge in [-0.05, 0) is 37.9 Å². The number of ether oxygens (including phenoxy) is 1. The highest BCUT2D eigenvalue weighted by atomic mass is 16.5. The number of hydrogen-bond acceptors (Lipinski definition) is 3. The Kier molecular flexibility index (Phi) is 3.04. The maximum Gasteiger partial charge on any atom is 0.107 e. The topological polar surface area (TPSA) is 49.7 Å². The van der Waals surface area contributed by atoms with Crippen molar-refractivity contribution in [1.82, 2.24) is 0 Å². The van der Waals surface area contributed by atoms with Crippen LogP contribution in [0, 0.1) is 0 Å². The molecule has 0 saturated carbocycles. The zero-order valence-corrected chi connectivity index (χ0v) is 13.1. The van der Waals surface area contributed by atoms with Crippen molar-refractivity contribution in [2.24, 2.45) is 0 Å². The van der Waals surface area contributed by atoms with E-state index in [-0.39, 0.29) is 12.7 Å². The third kappa shape index (κ3) is 1.89. The largest absolute Gasteiger partial charge is 0.394 e. The molecule has 2 N–H and O–H groups in total. The molecule has 0 spiro atoms. The number of aliphatic hydroxyl groups excluding tert-OH is 2. The van der Waals surface area contributed by atoms with Crippen molar-refractivity contribution in [1.29, 1.82) is 0 Å². The number of rotatable bonds is 2. The molecule has 120 valence electrons. The first-order valence-electron chi connectivity index (χ1n) is 8.37. The Hall–Kier alpha value is -2.20. The van der Waals surface area contributed by atoms with Crippen molar-refractivity contribution in [3.05, 3.63) is 60.2 Å². The van der Waals surface area contributed by atoms with Gasteiger partial charge in [-0.15, -0.1) is 0 Å². The zero-order valence-electron chi connectivity index (χ0n) is 13.1. The minimum atomic E-state index is -0.612. The van der Waals surface area contributed by atoms with E-state index >= 15 is 0 Å². The summed E-state index contributed by atoms with van der Waals surface area (Å²) in [4.78, 5) is 0. The van der Waals surface area contributed by atoms with E-state index in [1.165, 1.54) is 32.3 Å². The highest BCUT2D eigenvalue weighted by molar-refractivity contribution is 6.23. The summed E-state index contributed by atoms with van der Waals surface area (Å²) < 4.78 is 5.90. The number of aliphatic hydroxyl groups is 2. The maximum atomic E-state index is 10.1. The molecule has 0 radical (unpaired) electrons. The standard InChI is InChI=1S/C21H18O3/c22-11-19-17(23)10-18(24-19)15-8-6-14-5-4-12-2-1-3-13-7-9-16(15)21(14)20(12)13/h1-9,17-19,22-23H,10-11H2/t17-,18-,19-/m1/s1. The van der Waals surface area contributed by atoms with Gasteiger partial charge in [0.25, 0.3) is 0 Å². The van der Waals surface area contributed by atoms with Crippen molar-refractivity contribution >= 4 is 32.3 Å². The second-order valence-corrected chi connectivity index (χ2v) is 6.66. The second-order valence-electron chi connectivity index (χ2n) is 6.66. The molecular weight excluding hydrogens is 300 g/mol. The van der Waals surface area contributed by atoms with Crippen molar-refractivity contribution in [2.75, 3.05) is 6.61 Å². The molecule has 24 heavy (non-hydrogen) atoms. The molecule has 1 fully saturated rings. The van der Waals surface area contributed by atoms with Crippen LogP contribution in [0.4, 0.5) is 0 Å². The van der Waals surface area contributed by atoms with Gasteiger partial charge in [0.1, 0.15) is 6.10 Å². The average molecular weight is 318 g/mol. The SMILES string of the molecule is OC[C@H]1O[C@@H](c2ccc3ccc4cccc5ccc2c3c45)C[C@H]1O. The van der Waals surface area contributed by atoms with Gasteiger partial charge in [0.05, 0.1) is 18.8 Å². The second kappa shape index (κ2) is 5.15. The minimum Gasteiger partial charge on any atom is -0.394 e. The molecule has 0 aromatic heterocycles. The van der Waals surface area contributed by atoms with Gasteiger partial charge in [0, 0.05) is 6.42 Å². The van der Waals surface area contributed by atoms with Gasteiger partial charge >= 0.3 is 0 Å². The fourth-order valence-electron chi connectivity index (χ4n) is 4.13. The number of benzene rings is 4. The first-order chi connectivity index (χ1) is 11.8. The summed E-state index contributed by atoms with van der Waals surface area (Å²) in [7, 11) is 0. The molecule has 4 aromatic carbocycles. The van der Waals surface area contributed by atoms with Gasteiger partial charge in [-0.25, -0.2) is 0 Å². The summed E-state index contributed by atoms with van der Waals surface area (Å²) in [5.74, 6) is 0. The van der Waals surface area contributed by atoms with Crippen LogP contribution < -0.4 is 0 Å². The van der Waals surface area contributed by atoms with Crippen LogP contribution in [0.2, 0.25) is 0 Å². The monoisotopic (exact) mass is 318 g/mol. The van der Waals surface area contributed by atoms with E-state index in [1.54, 1.807) is 0 Å². The third-order valence-corrected chi connectivity index (χ3v) is 5.31. The van der Waals surface area contributed by atoms with E-state index < -0.39 is 12.2 Å². The third-order valence-electron chi connectivity index (χ3n) is 5.31. The van der Waals surface area contributed by atoms with Gasteiger partial charge in [-0.1, -0.05) is 54.6 Å². The van der Waals surface area contributed by atoms with Gasteiger partial charge in [-0.2, -0.15) is 0 Å². The van der Waals surface area contributed by atoms with E-state index in [1.807, 2.05) is 0 Å². The molecule has 1 aliphatic rings. The molecule has 0 unspecified atom stereocenters. The van der Waals surface area contributed by atoms with Crippen molar-refractivity contribution in [2.45, 2.75) is 24.7 Å². The average Bonchev–Trinajstić information content (AvgIpc) is 3.00. The molecule has 4 aromatic rings. The van der Waals surface area contributed by atoms with Crippen molar-refractivity contribution in [3.8, 4) is 0 Å². The Morgan fingerprint density at radius 2 is 1.54 bits per heavy atom. The van der Waals surface area contributed by atoms with Crippen LogP contribution in [0.25, 0.3) is 32.3 Å². The van der Waals surface area contributed by atoms with E-state index in [0.717, 1.165) is 5.56 Å². The molecule has 3 heteroatoms. The van der Waals surface area contributed by atoms with Crippen LogP contribution in [-0.2, 0) is 4.74 Å². The molecule has 3 nitrogen and oxygen atoms in total. The van der Waals surface area contributed by atoms with Gasteiger partial charge in [-0.3, -0.25) is 0 Å². The van der Waals surface area contributed by atoms with E-state index in [4.69, 9.17) is 4.74 Å². The van der Waals surface area contributed by atoms with Crippen LogP contribution in [0.15, 0.2) is 54.6 Å². The normalized spacial score (nSPS) is 24.5. The Labute approximate surface area is 139 Å². The molecule has 3 atom stereocenters. The predicted octanol–water partition coefficient (Wildman–Crippen LogP) is 3.77. The zero-order chi connectivity index (χ0) is 16.3. The van der Waals surface area contributed by atoms with E-state index in [9.17, 15) is 10.2 Å². The van der Waals surface area contributed by atoms with Crippen molar-refractivity contribution in [3.63, 3.8) is 0 Å². The van der Waals surface area contributed by atoms with Crippen LogP contribution in [0.5, 0.6) is 0 Å². The van der Waals surface area contributed by atoms with E-state index in [2.05, 4.69) is 54.6 Å². The summed E-state index contributed by atoms with van der Waals surface area (Å²) in [5, 5.41) is 26.8. The Balaban J connectivity index is 1.79. The lowest BCUT2D eigenvalue weighted by molar-refractivity contribution is -0.0222. The molecule has 0 bridgehead atoms. The molecule has 0 aliphatic carbocycles. The first-order valence-corrected chi connectivity index (χ1v) is 8.37. The Morgan fingerprint density at radius 3 is 2.25 bits per heavy atom. The lowest BCUT2D eigenvalue weighted by atomic mass is 9.90. The van der Waals surface area contributed by atoms with Crippen molar-refractivity contribution < 1.29 is 14.9 Å². The lowest BCUT2D eigenvalue weighted by Gasteiger charge is -2.18. The molecule has 1 heterocycles. The Morgan fingerprint density at radius 1 is 0.875 bits per heavy atom. The van der Waals surface area contributed by atoms with Crippen LogP contribution in [0.1, 0.15) is 18.1 Å². The molecule has 1 aliphatic heterocycles. The van der Waals surface area contributed by atoms with E-state index in [0.29, 0.717) is 6.42 Å². The number of hydrogen-bond donors (Lipinski definition) is 2. The summed E-state index contributed by atoms with van der Waals surface area (Å²) >= 11 is 0. The smallest absolute Gasteiger partial charge is 0.107 e. The molecular formula is C21H18O3. The van der Waals surface area contributed by atoms with Gasteiger partial charge in [0.15, 0.2) is 0 Å². The Bertz CT molecular complexity index is 1020. The first kappa shape index (κ1) is 14.2. The van der Waals surface area contributed by atoms with Crippen LogP contribution >= 0.6 is 0 Å². The fraction of sp³-hybridized carbons (Fsp3) is 0.238. The fourth-order valence-corrected chi connectivity index (χ4v) is 4.13. The van der Waals surface area contributed by atoms with Gasteiger partial charge in [0.2, 0.25) is 0 Å². The summed E-state index contributed by atoms with van der Waals surface area (Å²) in [6.45, 7) is -0.149. The lowest BCUT2D eigenvalue weighted by Crippen LogP contribution is -2.24. The highest BCUT2D eigenvalue weighted by Crippen LogP contribution is 2.41.